The number of fused-ring (bicyclic) bond motifs is 3. The van der Waals surface area contributed by atoms with Gasteiger partial charge < -0.3 is 4.42 Å². The molecule has 10 aromatic rings. The zero-order chi connectivity index (χ0) is 36.6. The van der Waals surface area contributed by atoms with Crippen molar-refractivity contribution in [2.45, 2.75) is 0 Å². The molecule has 0 N–H and O–H groups in total. The van der Waals surface area contributed by atoms with E-state index in [2.05, 4.69) is 36.4 Å². The van der Waals surface area contributed by atoms with Crippen LogP contribution in [0.2, 0.25) is 0 Å². The number of hydrogen-bond donors (Lipinski definition) is 0. The molecule has 10 rings (SSSR count). The summed E-state index contributed by atoms with van der Waals surface area (Å²) >= 11 is 0. The third-order valence-electron chi connectivity index (χ3n) is 9.56. The van der Waals surface area contributed by atoms with Crippen molar-refractivity contribution in [2.75, 3.05) is 0 Å². The van der Waals surface area contributed by atoms with Crippen LogP contribution in [0.3, 0.4) is 0 Å². The predicted molar refractivity (Wildman–Crippen MR) is 219 cm³/mol. The zero-order valence-corrected chi connectivity index (χ0v) is 29.4. The third kappa shape index (κ3) is 6.30. The summed E-state index contributed by atoms with van der Waals surface area (Å²) in [6.45, 7) is 0. The van der Waals surface area contributed by atoms with Crippen molar-refractivity contribution in [3.63, 3.8) is 0 Å². The fourth-order valence-electron chi connectivity index (χ4n) is 6.83. The fourth-order valence-corrected chi connectivity index (χ4v) is 6.83. The van der Waals surface area contributed by atoms with Gasteiger partial charge in [0.2, 0.25) is 0 Å². The van der Waals surface area contributed by atoms with Gasteiger partial charge in [-0.25, -0.2) is 29.9 Å². The van der Waals surface area contributed by atoms with Crippen LogP contribution in [0.15, 0.2) is 186 Å². The monoisotopic (exact) mass is 706 g/mol. The van der Waals surface area contributed by atoms with Gasteiger partial charge in [-0.05, 0) is 47.5 Å². The van der Waals surface area contributed by atoms with E-state index in [0.29, 0.717) is 34.9 Å². The summed E-state index contributed by atoms with van der Waals surface area (Å²) in [7, 11) is 0. The molecule has 258 valence electrons. The van der Waals surface area contributed by atoms with Crippen molar-refractivity contribution in [1.82, 2.24) is 29.9 Å². The van der Waals surface area contributed by atoms with Gasteiger partial charge in [0.05, 0.1) is 0 Å². The lowest BCUT2D eigenvalue weighted by molar-refractivity contribution is 0.669. The van der Waals surface area contributed by atoms with E-state index in [1.54, 1.807) is 0 Å². The molecule has 7 nitrogen and oxygen atoms in total. The molecule has 0 aliphatic heterocycles. The number of furan rings is 1. The van der Waals surface area contributed by atoms with E-state index < -0.39 is 0 Å². The minimum atomic E-state index is 0.534. The van der Waals surface area contributed by atoms with Gasteiger partial charge in [-0.3, -0.25) is 0 Å². The highest BCUT2D eigenvalue weighted by atomic mass is 16.3. The summed E-state index contributed by atoms with van der Waals surface area (Å²) in [5, 5.41) is 2.10. The Kier molecular flexibility index (Phi) is 8.00. The molecule has 0 atom stereocenters. The van der Waals surface area contributed by atoms with Crippen molar-refractivity contribution in [3.05, 3.63) is 182 Å². The Labute approximate surface area is 316 Å². The van der Waals surface area contributed by atoms with Gasteiger partial charge in [-0.15, -0.1) is 0 Å². The molecule has 0 spiro atoms. The smallest absolute Gasteiger partial charge is 0.164 e. The average molecular weight is 707 g/mol. The van der Waals surface area contributed by atoms with Gasteiger partial charge >= 0.3 is 0 Å². The van der Waals surface area contributed by atoms with Gasteiger partial charge in [-0.1, -0.05) is 146 Å². The number of rotatable bonds is 7. The first-order chi connectivity index (χ1) is 27.2. The van der Waals surface area contributed by atoms with E-state index in [4.69, 9.17) is 34.3 Å². The normalized spacial score (nSPS) is 11.3. The minimum Gasteiger partial charge on any atom is -0.456 e. The van der Waals surface area contributed by atoms with Crippen molar-refractivity contribution < 1.29 is 4.42 Å². The fraction of sp³-hybridized carbons (Fsp3) is 0. The molecule has 0 saturated heterocycles. The number of aromatic nitrogens is 6. The Morgan fingerprint density at radius 1 is 0.236 bits per heavy atom. The van der Waals surface area contributed by atoms with Crippen molar-refractivity contribution >= 4 is 21.9 Å². The highest BCUT2D eigenvalue weighted by Crippen LogP contribution is 2.37. The van der Waals surface area contributed by atoms with Crippen LogP contribution >= 0.6 is 0 Å². The lowest BCUT2D eigenvalue weighted by atomic mass is 9.97. The Morgan fingerprint density at radius 2 is 0.582 bits per heavy atom. The first kappa shape index (κ1) is 32.0. The Hall–Kier alpha value is -7.64. The SMILES string of the molecule is c1ccc(-c2nc(-c3ccccc3)nc(-c3cc(-c4ccc5oc6ccccc6c5c4)cc(-c4nc(-c5ccccc5)nc(-c5ccccc5)n4)c3)n2)cc1. The topological polar surface area (TPSA) is 90.5 Å². The molecular weight excluding hydrogens is 677 g/mol. The predicted octanol–water partition coefficient (Wildman–Crippen LogP) is 11.6. The molecule has 0 saturated carbocycles. The summed E-state index contributed by atoms with van der Waals surface area (Å²) in [5.41, 5.74) is 8.81. The maximum Gasteiger partial charge on any atom is 0.164 e. The van der Waals surface area contributed by atoms with E-state index in [9.17, 15) is 0 Å². The maximum atomic E-state index is 6.20. The van der Waals surface area contributed by atoms with Gasteiger partial charge in [0.25, 0.3) is 0 Å². The van der Waals surface area contributed by atoms with Gasteiger partial charge in [0.1, 0.15) is 11.2 Å². The molecular formula is C48H30N6O. The molecule has 0 aliphatic carbocycles. The lowest BCUT2D eigenvalue weighted by Gasteiger charge is -2.13. The van der Waals surface area contributed by atoms with E-state index in [1.165, 1.54) is 0 Å². The maximum absolute atomic E-state index is 6.20. The van der Waals surface area contributed by atoms with Crippen LogP contribution in [-0.2, 0) is 0 Å². The molecule has 55 heavy (non-hydrogen) atoms. The molecule has 7 heteroatoms. The molecule has 7 aromatic carbocycles. The quantitative estimate of drug-likeness (QED) is 0.163. The summed E-state index contributed by atoms with van der Waals surface area (Å²) < 4.78 is 6.20. The Morgan fingerprint density at radius 3 is 1.02 bits per heavy atom. The van der Waals surface area contributed by atoms with E-state index in [0.717, 1.165) is 66.4 Å². The molecule has 3 aromatic heterocycles. The van der Waals surface area contributed by atoms with Crippen LogP contribution in [-0.4, -0.2) is 29.9 Å². The van der Waals surface area contributed by atoms with E-state index in [1.807, 2.05) is 146 Å². The van der Waals surface area contributed by atoms with Crippen molar-refractivity contribution in [3.8, 4) is 79.5 Å². The number of hydrogen-bond acceptors (Lipinski definition) is 7. The Balaban J connectivity index is 1.23. The van der Waals surface area contributed by atoms with E-state index >= 15 is 0 Å². The van der Waals surface area contributed by atoms with Gasteiger partial charge in [0.15, 0.2) is 34.9 Å². The minimum absolute atomic E-state index is 0.534. The second kappa shape index (κ2) is 13.7. The largest absolute Gasteiger partial charge is 0.456 e. The van der Waals surface area contributed by atoms with Crippen LogP contribution in [0.1, 0.15) is 0 Å². The molecule has 0 unspecified atom stereocenters. The van der Waals surface area contributed by atoms with Crippen molar-refractivity contribution in [2.24, 2.45) is 0 Å². The van der Waals surface area contributed by atoms with E-state index in [-0.39, 0.29) is 0 Å². The molecule has 0 aliphatic rings. The zero-order valence-electron chi connectivity index (χ0n) is 29.4. The number of benzene rings is 7. The first-order valence-corrected chi connectivity index (χ1v) is 18.0. The molecule has 0 bridgehead atoms. The number of nitrogens with zero attached hydrogens (tertiary/aromatic N) is 6. The standard InChI is InChI=1S/C48H30N6O/c1-5-15-31(16-6-1)43-49-44(32-17-7-2-8-18-32)52-47(51-43)37-27-36(35-25-26-42-40(30-35)39-23-13-14-24-41(39)55-42)28-38(29-37)48-53-45(33-19-9-3-10-20-33)50-46(54-48)34-21-11-4-12-22-34/h1-30H. The average Bonchev–Trinajstić information content (AvgIpc) is 3.65. The molecule has 0 radical (unpaired) electrons. The molecule has 3 heterocycles. The first-order valence-electron chi connectivity index (χ1n) is 18.0. The Bertz CT molecular complexity index is 2710. The summed E-state index contributed by atoms with van der Waals surface area (Å²) in [6.07, 6.45) is 0. The highest BCUT2D eigenvalue weighted by molar-refractivity contribution is 6.06. The summed E-state index contributed by atoms with van der Waals surface area (Å²) in [5.74, 6) is 3.40. The van der Waals surface area contributed by atoms with Crippen LogP contribution in [0.5, 0.6) is 0 Å². The summed E-state index contributed by atoms with van der Waals surface area (Å²) in [6, 6.07) is 60.7. The van der Waals surface area contributed by atoms with Crippen LogP contribution < -0.4 is 0 Å². The molecule has 0 fully saturated rings. The number of para-hydroxylation sites is 1. The van der Waals surface area contributed by atoms with Crippen LogP contribution in [0, 0.1) is 0 Å². The summed E-state index contributed by atoms with van der Waals surface area (Å²) in [4.78, 5) is 30.3. The second-order valence-corrected chi connectivity index (χ2v) is 13.2. The second-order valence-electron chi connectivity index (χ2n) is 13.2. The van der Waals surface area contributed by atoms with Crippen LogP contribution in [0.25, 0.3) is 101 Å². The van der Waals surface area contributed by atoms with Crippen molar-refractivity contribution in [1.29, 1.82) is 0 Å². The van der Waals surface area contributed by atoms with Crippen LogP contribution in [0.4, 0.5) is 0 Å². The highest BCUT2D eigenvalue weighted by Gasteiger charge is 2.18. The van der Waals surface area contributed by atoms with Gasteiger partial charge in [0, 0.05) is 44.2 Å². The third-order valence-corrected chi connectivity index (χ3v) is 9.56. The molecule has 0 amide bonds. The lowest BCUT2D eigenvalue weighted by Crippen LogP contribution is -2.02. The van der Waals surface area contributed by atoms with Gasteiger partial charge in [-0.2, -0.15) is 0 Å².